The molecule has 0 aliphatic heterocycles. The average Bonchev–Trinajstić information content (AvgIpc) is 2.45. The van der Waals surface area contributed by atoms with Gasteiger partial charge in [-0.3, -0.25) is 4.79 Å². The number of rotatable bonds is 4. The Morgan fingerprint density at radius 3 is 2.62 bits per heavy atom. The lowest BCUT2D eigenvalue weighted by atomic mass is 10.1. The summed E-state index contributed by atoms with van der Waals surface area (Å²) in [7, 11) is 0. The van der Waals surface area contributed by atoms with Crippen molar-refractivity contribution >= 4 is 56.4 Å². The van der Waals surface area contributed by atoms with Gasteiger partial charge in [-0.15, -0.1) is 0 Å². The summed E-state index contributed by atoms with van der Waals surface area (Å²) in [6.45, 7) is 2.67. The Labute approximate surface area is 141 Å². The first-order valence-corrected chi connectivity index (χ1v) is 7.86. The molecule has 0 fully saturated rings. The summed E-state index contributed by atoms with van der Waals surface area (Å²) in [5.74, 6) is -0.270. The Morgan fingerprint density at radius 1 is 1.14 bits per heavy atom. The van der Waals surface area contributed by atoms with Crippen LogP contribution in [0.4, 0.5) is 11.4 Å². The minimum absolute atomic E-state index is 0.270. The quantitative estimate of drug-likeness (QED) is 0.733. The van der Waals surface area contributed by atoms with E-state index in [4.69, 9.17) is 23.2 Å². The summed E-state index contributed by atoms with van der Waals surface area (Å²) >= 11 is 15.4. The van der Waals surface area contributed by atoms with Crippen LogP contribution in [0.15, 0.2) is 40.9 Å². The van der Waals surface area contributed by atoms with Crippen molar-refractivity contribution in [2.24, 2.45) is 0 Å². The van der Waals surface area contributed by atoms with Crippen LogP contribution in [-0.4, -0.2) is 12.5 Å². The number of hydrogen-bond donors (Lipinski definition) is 2. The molecule has 2 rings (SSSR count). The summed E-state index contributed by atoms with van der Waals surface area (Å²) in [6.07, 6.45) is 0. The molecule has 0 aliphatic rings. The Balaban J connectivity index is 2.31. The van der Waals surface area contributed by atoms with Gasteiger partial charge in [0.25, 0.3) is 5.91 Å². The highest BCUT2D eigenvalue weighted by Gasteiger charge is 2.13. The molecular weight excluding hydrogens is 375 g/mol. The third-order valence-corrected chi connectivity index (χ3v) is 3.83. The number of nitrogens with one attached hydrogen (secondary N) is 2. The number of carbonyl (C=O) groups is 1. The van der Waals surface area contributed by atoms with Crippen molar-refractivity contribution in [3.05, 3.63) is 56.5 Å². The Bertz CT molecular complexity index is 677. The third-order valence-electron chi connectivity index (χ3n) is 2.77. The van der Waals surface area contributed by atoms with E-state index in [-0.39, 0.29) is 5.91 Å². The first-order chi connectivity index (χ1) is 10.0. The monoisotopic (exact) mass is 386 g/mol. The van der Waals surface area contributed by atoms with Gasteiger partial charge in [0.05, 0.1) is 16.3 Å². The molecule has 0 saturated heterocycles. The SMILES string of the molecule is CCNc1ccc(Cl)cc1C(=O)Nc1cc(Br)ccc1Cl. The second-order valence-corrected chi connectivity index (χ2v) is 6.06. The Hall–Kier alpha value is -1.23. The number of hydrogen-bond acceptors (Lipinski definition) is 2. The zero-order valence-corrected chi connectivity index (χ0v) is 14.3. The van der Waals surface area contributed by atoms with Gasteiger partial charge in [0.1, 0.15) is 0 Å². The third kappa shape index (κ3) is 4.13. The fraction of sp³-hybridized carbons (Fsp3) is 0.133. The second kappa shape index (κ2) is 7.16. The van der Waals surface area contributed by atoms with E-state index in [0.29, 0.717) is 27.8 Å². The molecule has 0 saturated carbocycles. The summed E-state index contributed by atoms with van der Waals surface area (Å²) in [4.78, 5) is 12.4. The second-order valence-electron chi connectivity index (χ2n) is 4.30. The fourth-order valence-electron chi connectivity index (χ4n) is 1.83. The fourth-order valence-corrected chi connectivity index (χ4v) is 2.53. The first kappa shape index (κ1) is 16.1. The van der Waals surface area contributed by atoms with E-state index in [9.17, 15) is 4.79 Å². The zero-order chi connectivity index (χ0) is 15.4. The number of halogens is 3. The van der Waals surface area contributed by atoms with Crippen LogP contribution in [0.5, 0.6) is 0 Å². The molecule has 0 heterocycles. The summed E-state index contributed by atoms with van der Waals surface area (Å²) < 4.78 is 0.834. The molecule has 110 valence electrons. The van der Waals surface area contributed by atoms with E-state index in [2.05, 4.69) is 26.6 Å². The topological polar surface area (TPSA) is 41.1 Å². The van der Waals surface area contributed by atoms with E-state index in [1.807, 2.05) is 6.92 Å². The van der Waals surface area contributed by atoms with Crippen LogP contribution in [0, 0.1) is 0 Å². The molecule has 0 spiro atoms. The van der Waals surface area contributed by atoms with Gasteiger partial charge in [-0.05, 0) is 43.3 Å². The lowest BCUT2D eigenvalue weighted by molar-refractivity contribution is 0.102. The van der Waals surface area contributed by atoms with Gasteiger partial charge in [-0.2, -0.15) is 0 Å². The molecule has 21 heavy (non-hydrogen) atoms. The van der Waals surface area contributed by atoms with Crippen LogP contribution < -0.4 is 10.6 Å². The van der Waals surface area contributed by atoms with Crippen LogP contribution in [0.2, 0.25) is 10.0 Å². The molecule has 2 N–H and O–H groups in total. The minimum atomic E-state index is -0.270. The van der Waals surface area contributed by atoms with Crippen molar-refractivity contribution in [3.8, 4) is 0 Å². The molecule has 6 heteroatoms. The molecule has 0 radical (unpaired) electrons. The van der Waals surface area contributed by atoms with Crippen LogP contribution >= 0.6 is 39.1 Å². The molecule has 1 amide bonds. The first-order valence-electron chi connectivity index (χ1n) is 6.31. The summed E-state index contributed by atoms with van der Waals surface area (Å²) in [5, 5.41) is 6.90. The summed E-state index contributed by atoms with van der Waals surface area (Å²) in [6, 6.07) is 10.4. The van der Waals surface area contributed by atoms with Gasteiger partial charge in [0.15, 0.2) is 0 Å². The number of anilines is 2. The molecule has 0 aliphatic carbocycles. The molecule has 2 aromatic carbocycles. The molecule has 0 aromatic heterocycles. The van der Waals surface area contributed by atoms with Crippen LogP contribution in [0.25, 0.3) is 0 Å². The predicted octanol–water partition coefficient (Wildman–Crippen LogP) is 5.44. The lowest BCUT2D eigenvalue weighted by Gasteiger charge is -2.12. The highest BCUT2D eigenvalue weighted by atomic mass is 79.9. The number of carbonyl (C=O) groups excluding carboxylic acids is 1. The van der Waals surface area contributed by atoms with Crippen molar-refractivity contribution in [2.45, 2.75) is 6.92 Å². The van der Waals surface area contributed by atoms with E-state index in [1.54, 1.807) is 36.4 Å². The Kier molecular flexibility index (Phi) is 5.51. The maximum Gasteiger partial charge on any atom is 0.257 e. The van der Waals surface area contributed by atoms with Crippen molar-refractivity contribution in [2.75, 3.05) is 17.2 Å². The van der Waals surface area contributed by atoms with Crippen molar-refractivity contribution in [3.63, 3.8) is 0 Å². The average molecular weight is 388 g/mol. The van der Waals surface area contributed by atoms with E-state index in [0.717, 1.165) is 10.2 Å². The van der Waals surface area contributed by atoms with E-state index >= 15 is 0 Å². The number of benzene rings is 2. The number of amides is 1. The molecular formula is C15H13BrCl2N2O. The van der Waals surface area contributed by atoms with Crippen molar-refractivity contribution in [1.82, 2.24) is 0 Å². The molecule has 3 nitrogen and oxygen atoms in total. The van der Waals surface area contributed by atoms with Gasteiger partial charge < -0.3 is 10.6 Å². The maximum absolute atomic E-state index is 12.4. The van der Waals surface area contributed by atoms with Crippen LogP contribution in [0.3, 0.4) is 0 Å². The van der Waals surface area contributed by atoms with Gasteiger partial charge in [0.2, 0.25) is 0 Å². The van der Waals surface area contributed by atoms with Gasteiger partial charge in [0, 0.05) is 21.7 Å². The Morgan fingerprint density at radius 2 is 1.90 bits per heavy atom. The molecule has 0 bridgehead atoms. The molecule has 2 aromatic rings. The van der Waals surface area contributed by atoms with Gasteiger partial charge >= 0.3 is 0 Å². The van der Waals surface area contributed by atoms with Crippen molar-refractivity contribution in [1.29, 1.82) is 0 Å². The van der Waals surface area contributed by atoms with Gasteiger partial charge in [-0.25, -0.2) is 0 Å². The van der Waals surface area contributed by atoms with Crippen LogP contribution in [0.1, 0.15) is 17.3 Å². The maximum atomic E-state index is 12.4. The lowest BCUT2D eigenvalue weighted by Crippen LogP contribution is -2.15. The normalized spacial score (nSPS) is 10.3. The highest BCUT2D eigenvalue weighted by molar-refractivity contribution is 9.10. The smallest absolute Gasteiger partial charge is 0.257 e. The van der Waals surface area contributed by atoms with E-state index < -0.39 is 0 Å². The molecule has 0 atom stereocenters. The largest absolute Gasteiger partial charge is 0.385 e. The highest BCUT2D eigenvalue weighted by Crippen LogP contribution is 2.27. The van der Waals surface area contributed by atoms with Crippen molar-refractivity contribution < 1.29 is 4.79 Å². The zero-order valence-electron chi connectivity index (χ0n) is 11.2. The van der Waals surface area contributed by atoms with Gasteiger partial charge in [-0.1, -0.05) is 39.1 Å². The minimum Gasteiger partial charge on any atom is -0.385 e. The summed E-state index contributed by atoms with van der Waals surface area (Å²) in [5.41, 5.74) is 1.74. The predicted molar refractivity (Wildman–Crippen MR) is 92.7 cm³/mol. The van der Waals surface area contributed by atoms with E-state index in [1.165, 1.54) is 0 Å². The molecule has 0 unspecified atom stereocenters. The standard InChI is InChI=1S/C15H13BrCl2N2O/c1-2-19-13-6-4-10(17)8-11(13)15(21)20-14-7-9(16)3-5-12(14)18/h3-8,19H,2H2,1H3,(H,20,21). The van der Waals surface area contributed by atoms with Crippen LogP contribution in [-0.2, 0) is 0 Å².